The smallest absolute Gasteiger partial charge is 0.220 e. The minimum Gasteiger partial charge on any atom is -0.389 e. The first-order valence-electron chi connectivity index (χ1n) is 7.18. The highest BCUT2D eigenvalue weighted by Crippen LogP contribution is 2.15. The van der Waals surface area contributed by atoms with Gasteiger partial charge in [-0.1, -0.05) is 6.92 Å². The van der Waals surface area contributed by atoms with Crippen LogP contribution in [0.3, 0.4) is 0 Å². The predicted octanol–water partition coefficient (Wildman–Crippen LogP) is -0.498. The number of halogens is 1. The molecule has 0 spiro atoms. The fraction of sp³-hybridized carbons (Fsp3) is 0.923. The molecule has 0 aromatic heterocycles. The van der Waals surface area contributed by atoms with Gasteiger partial charge >= 0.3 is 0 Å². The lowest BCUT2D eigenvalue weighted by Gasteiger charge is -2.36. The summed E-state index contributed by atoms with van der Waals surface area (Å²) in [6.45, 7) is 2.94. The fourth-order valence-corrected chi connectivity index (χ4v) is 3.01. The van der Waals surface area contributed by atoms with Crippen molar-refractivity contribution in [2.45, 2.75) is 50.5 Å². The summed E-state index contributed by atoms with van der Waals surface area (Å²) in [6, 6.07) is -0.185. The lowest BCUT2D eigenvalue weighted by molar-refractivity contribution is -0.120. The molecular weight excluding hydrogens is 316 g/mol. The first kappa shape index (κ1) is 20.9. The number of thioether (sulfide) groups is 1. The van der Waals surface area contributed by atoms with Gasteiger partial charge in [0.05, 0.1) is 12.2 Å². The summed E-state index contributed by atoms with van der Waals surface area (Å²) in [5, 5.41) is 34.6. The highest BCUT2D eigenvalue weighted by molar-refractivity contribution is 7.99. The Morgan fingerprint density at radius 3 is 2.67 bits per heavy atom. The molecule has 6 nitrogen and oxygen atoms in total. The second-order valence-corrected chi connectivity index (χ2v) is 6.29. The maximum Gasteiger partial charge on any atom is 0.220 e. The molecular formula is C13H27ClN2O4S. The Morgan fingerprint density at radius 2 is 2.00 bits per heavy atom. The Balaban J connectivity index is 0.00000400. The molecule has 0 bridgehead atoms. The summed E-state index contributed by atoms with van der Waals surface area (Å²) in [6.07, 6.45) is -0.745. The van der Waals surface area contributed by atoms with Gasteiger partial charge in [-0.2, -0.15) is 11.8 Å². The molecule has 8 heteroatoms. The van der Waals surface area contributed by atoms with Crippen molar-refractivity contribution in [3.8, 4) is 0 Å². The van der Waals surface area contributed by atoms with Gasteiger partial charge < -0.3 is 26.0 Å². The zero-order chi connectivity index (χ0) is 15.0. The number of carbonyl (C=O) groups is 1. The molecule has 1 rings (SSSR count). The summed E-state index contributed by atoms with van der Waals surface area (Å²) in [5.41, 5.74) is 0. The Kier molecular flexibility index (Phi) is 11.5. The van der Waals surface area contributed by atoms with E-state index in [4.69, 9.17) is 0 Å². The van der Waals surface area contributed by atoms with Crippen LogP contribution in [0.4, 0.5) is 0 Å². The zero-order valence-electron chi connectivity index (χ0n) is 12.3. The predicted molar refractivity (Wildman–Crippen MR) is 86.9 cm³/mol. The van der Waals surface area contributed by atoms with E-state index in [1.807, 2.05) is 6.92 Å². The first-order chi connectivity index (χ1) is 9.56. The Bertz CT molecular complexity index is 299. The Labute approximate surface area is 136 Å². The van der Waals surface area contributed by atoms with E-state index in [2.05, 4.69) is 10.6 Å². The second-order valence-electron chi connectivity index (χ2n) is 5.06. The number of aliphatic hydroxyl groups is 3. The molecule has 126 valence electrons. The van der Waals surface area contributed by atoms with Gasteiger partial charge in [0.2, 0.25) is 5.91 Å². The molecule has 0 aromatic carbocycles. The Hall–Kier alpha value is -0.0500. The molecule has 5 N–H and O–H groups in total. The number of carbonyl (C=O) groups excluding carboxylic acids is 1. The fourth-order valence-electron chi connectivity index (χ4n) is 2.14. The maximum absolute atomic E-state index is 11.2. The van der Waals surface area contributed by atoms with Crippen molar-refractivity contribution in [3.63, 3.8) is 0 Å². The van der Waals surface area contributed by atoms with Gasteiger partial charge in [0.1, 0.15) is 6.10 Å². The highest BCUT2D eigenvalue weighted by atomic mass is 35.5. The molecule has 1 saturated heterocycles. The van der Waals surface area contributed by atoms with Crippen LogP contribution in [0, 0.1) is 0 Å². The summed E-state index contributed by atoms with van der Waals surface area (Å²) in [5.74, 6) is 1.76. The number of hydrogen-bond donors (Lipinski definition) is 5. The van der Waals surface area contributed by atoms with Gasteiger partial charge in [-0.15, -0.1) is 12.4 Å². The van der Waals surface area contributed by atoms with Crippen LogP contribution < -0.4 is 10.6 Å². The largest absolute Gasteiger partial charge is 0.389 e. The maximum atomic E-state index is 11.2. The van der Waals surface area contributed by atoms with E-state index in [0.29, 0.717) is 19.5 Å². The Morgan fingerprint density at radius 1 is 1.29 bits per heavy atom. The molecule has 1 aliphatic rings. The van der Waals surface area contributed by atoms with Crippen LogP contribution in [0.15, 0.2) is 0 Å². The van der Waals surface area contributed by atoms with Crippen molar-refractivity contribution in [3.05, 3.63) is 0 Å². The third-order valence-electron chi connectivity index (χ3n) is 3.36. The van der Waals surface area contributed by atoms with Crippen LogP contribution in [0.1, 0.15) is 26.2 Å². The van der Waals surface area contributed by atoms with Crippen LogP contribution in [0.2, 0.25) is 0 Å². The lowest BCUT2D eigenvalue weighted by atomic mass is 9.94. The molecule has 4 atom stereocenters. The molecule has 1 fully saturated rings. The van der Waals surface area contributed by atoms with Gasteiger partial charge in [-0.05, 0) is 18.6 Å². The van der Waals surface area contributed by atoms with Crippen molar-refractivity contribution in [2.75, 3.05) is 24.6 Å². The van der Waals surface area contributed by atoms with Crippen molar-refractivity contribution >= 4 is 30.1 Å². The molecule has 21 heavy (non-hydrogen) atoms. The van der Waals surface area contributed by atoms with E-state index in [1.54, 1.807) is 11.8 Å². The average molecular weight is 343 g/mol. The topological polar surface area (TPSA) is 102 Å². The van der Waals surface area contributed by atoms with Crippen LogP contribution in [-0.2, 0) is 4.79 Å². The first-order valence-corrected chi connectivity index (χ1v) is 8.33. The number of aliphatic hydroxyl groups excluding tert-OH is 3. The second kappa shape index (κ2) is 11.5. The van der Waals surface area contributed by atoms with E-state index in [1.165, 1.54) is 0 Å². The molecule has 0 aliphatic carbocycles. The molecule has 0 radical (unpaired) electrons. The number of piperidine rings is 1. The molecule has 0 saturated carbocycles. The van der Waals surface area contributed by atoms with Crippen molar-refractivity contribution < 1.29 is 20.1 Å². The summed E-state index contributed by atoms with van der Waals surface area (Å²) >= 11 is 1.70. The van der Waals surface area contributed by atoms with Gasteiger partial charge in [-0.25, -0.2) is 0 Å². The SMILES string of the molecule is CCCC(=O)NCCSCC[C@H]1NC[C@@H](O)[C@H](O)[C@H]1O.Cl. The van der Waals surface area contributed by atoms with Gasteiger partial charge in [0.25, 0.3) is 0 Å². The van der Waals surface area contributed by atoms with E-state index in [9.17, 15) is 20.1 Å². The van der Waals surface area contributed by atoms with Crippen LogP contribution in [0.25, 0.3) is 0 Å². The minimum absolute atomic E-state index is 0. The number of nitrogens with one attached hydrogen (secondary N) is 2. The summed E-state index contributed by atoms with van der Waals surface area (Å²) < 4.78 is 0. The number of rotatable bonds is 8. The van der Waals surface area contributed by atoms with Crippen molar-refractivity contribution in [1.82, 2.24) is 10.6 Å². The molecule has 1 heterocycles. The summed E-state index contributed by atoms with van der Waals surface area (Å²) in [7, 11) is 0. The third kappa shape index (κ3) is 7.67. The zero-order valence-corrected chi connectivity index (χ0v) is 14.0. The van der Waals surface area contributed by atoms with Gasteiger partial charge in [0.15, 0.2) is 0 Å². The molecule has 0 unspecified atom stereocenters. The highest BCUT2D eigenvalue weighted by Gasteiger charge is 2.35. The van der Waals surface area contributed by atoms with Crippen LogP contribution in [-0.4, -0.2) is 70.2 Å². The van der Waals surface area contributed by atoms with Crippen molar-refractivity contribution in [1.29, 1.82) is 0 Å². The van der Waals surface area contributed by atoms with E-state index >= 15 is 0 Å². The van der Waals surface area contributed by atoms with E-state index in [0.717, 1.165) is 24.3 Å². The van der Waals surface area contributed by atoms with Gasteiger partial charge in [0, 0.05) is 31.3 Å². The third-order valence-corrected chi connectivity index (χ3v) is 4.38. The quantitative estimate of drug-likeness (QED) is 0.381. The number of β-amino-alcohol motifs (C(OH)–C–C–N with tert-alkyl or cyclic N) is 1. The lowest BCUT2D eigenvalue weighted by Crippen LogP contribution is -2.59. The van der Waals surface area contributed by atoms with Crippen molar-refractivity contribution in [2.24, 2.45) is 0 Å². The average Bonchev–Trinajstić information content (AvgIpc) is 2.42. The van der Waals surface area contributed by atoms with E-state index < -0.39 is 18.3 Å². The molecule has 1 aliphatic heterocycles. The standard InChI is InChI=1S/C13H26N2O4S.ClH/c1-2-3-11(17)14-5-7-20-6-4-9-12(18)13(19)10(16)8-15-9;/h9-10,12-13,15-16,18-19H,2-8H2,1H3,(H,14,17);1H/t9-,10-,12+,13+;/m1./s1. The van der Waals surface area contributed by atoms with E-state index in [-0.39, 0.29) is 24.4 Å². The van der Waals surface area contributed by atoms with Gasteiger partial charge in [-0.3, -0.25) is 4.79 Å². The van der Waals surface area contributed by atoms with Crippen LogP contribution >= 0.6 is 24.2 Å². The number of hydrogen-bond acceptors (Lipinski definition) is 6. The molecule has 1 amide bonds. The minimum atomic E-state index is -1.07. The normalized spacial score (nSPS) is 28.8. The molecule has 0 aromatic rings. The summed E-state index contributed by atoms with van der Waals surface area (Å²) in [4.78, 5) is 11.2. The van der Waals surface area contributed by atoms with Crippen LogP contribution in [0.5, 0.6) is 0 Å². The number of amides is 1. The monoisotopic (exact) mass is 342 g/mol.